The molecule has 18 heteroatoms. The SMILES string of the molecule is COc1ccc(C(OC[C@H]2O[C@@H](n3cnc4c(=O)[nH]c(NC(=O)C(C)C)nc43)[C@H](O[Si](C)(C)C(C)(C)C)[C@@H]2SP(OCCC#N)N(C(C)C)C(C)C)(c2ccccc2)c2ccc(OC)cc2)cc1. The molecule has 68 heavy (non-hydrogen) atoms. The Morgan fingerprint density at radius 2 is 1.51 bits per heavy atom. The fraction of sp³-hybridized carbons (Fsp3) is 0.500. The third-order valence-electron chi connectivity index (χ3n) is 12.5. The number of aromatic amines is 1. The number of hydrogen-bond acceptors (Lipinski definition) is 13. The Morgan fingerprint density at radius 3 is 2.03 bits per heavy atom. The largest absolute Gasteiger partial charge is 0.497 e. The van der Waals surface area contributed by atoms with Crippen molar-refractivity contribution in [1.82, 2.24) is 24.2 Å². The van der Waals surface area contributed by atoms with E-state index < -0.39 is 50.7 Å². The predicted octanol–water partition coefficient (Wildman–Crippen LogP) is 10.4. The molecule has 0 aliphatic carbocycles. The van der Waals surface area contributed by atoms with E-state index in [9.17, 15) is 14.9 Å². The summed E-state index contributed by atoms with van der Waals surface area (Å²) in [5.74, 6) is 0.736. The molecule has 2 N–H and O–H groups in total. The van der Waals surface area contributed by atoms with E-state index in [0.29, 0.717) is 11.5 Å². The van der Waals surface area contributed by atoms with Gasteiger partial charge in [-0.25, -0.2) is 9.65 Å². The normalized spacial score (nSPS) is 18.4. The molecule has 0 radical (unpaired) electrons. The summed E-state index contributed by atoms with van der Waals surface area (Å²) in [6.07, 6.45) is -0.435. The van der Waals surface area contributed by atoms with Gasteiger partial charge in [-0.3, -0.25) is 24.5 Å². The van der Waals surface area contributed by atoms with Crippen LogP contribution >= 0.6 is 18.9 Å². The Balaban J connectivity index is 1.59. The number of aromatic nitrogens is 4. The van der Waals surface area contributed by atoms with Gasteiger partial charge in [-0.05, 0) is 86.8 Å². The Morgan fingerprint density at radius 1 is 0.941 bits per heavy atom. The highest BCUT2D eigenvalue weighted by molar-refractivity contribution is 8.53. The zero-order valence-electron chi connectivity index (χ0n) is 41.6. The molecule has 0 spiro atoms. The molecule has 1 amide bonds. The van der Waals surface area contributed by atoms with Crippen molar-refractivity contribution in [3.63, 3.8) is 0 Å². The fourth-order valence-electron chi connectivity index (χ4n) is 7.95. The lowest BCUT2D eigenvalue weighted by atomic mass is 9.80. The maximum Gasteiger partial charge on any atom is 0.280 e. The molecule has 3 heterocycles. The van der Waals surface area contributed by atoms with Gasteiger partial charge in [-0.1, -0.05) is 101 Å². The number of anilines is 1. The lowest BCUT2D eigenvalue weighted by molar-refractivity contribution is -0.118. The van der Waals surface area contributed by atoms with Crippen LogP contribution in [0.25, 0.3) is 11.2 Å². The molecule has 1 saturated heterocycles. The average Bonchev–Trinajstić information content (AvgIpc) is 3.87. The van der Waals surface area contributed by atoms with Gasteiger partial charge in [0.05, 0.1) is 57.6 Å². The summed E-state index contributed by atoms with van der Waals surface area (Å²) in [7, 11) is -0.790. The van der Waals surface area contributed by atoms with Gasteiger partial charge in [0.2, 0.25) is 11.9 Å². The Hall–Kier alpha value is -4.63. The molecule has 1 fully saturated rings. The number of fused-ring (bicyclic) bond motifs is 1. The van der Waals surface area contributed by atoms with E-state index in [1.54, 1.807) is 50.3 Å². The number of carbonyl (C=O) groups is 1. The highest BCUT2D eigenvalue weighted by atomic mass is 32.7. The first-order valence-electron chi connectivity index (χ1n) is 23.1. The maximum absolute atomic E-state index is 13.7. The number of carbonyl (C=O) groups excluding carboxylic acids is 1. The van der Waals surface area contributed by atoms with Crippen molar-refractivity contribution < 1.29 is 32.7 Å². The van der Waals surface area contributed by atoms with E-state index >= 15 is 0 Å². The summed E-state index contributed by atoms with van der Waals surface area (Å²) in [4.78, 5) is 38.6. The topological polar surface area (TPSA) is 175 Å². The predicted molar refractivity (Wildman–Crippen MR) is 272 cm³/mol. The zero-order valence-corrected chi connectivity index (χ0v) is 44.3. The number of imidazole rings is 1. The molecular formula is C50H68N7O8PSSi. The summed E-state index contributed by atoms with van der Waals surface area (Å²) in [6, 6.07) is 28.3. The minimum Gasteiger partial charge on any atom is -0.497 e. The van der Waals surface area contributed by atoms with E-state index in [0.717, 1.165) is 16.7 Å². The number of nitrogens with one attached hydrogen (secondary N) is 2. The molecule has 15 nitrogen and oxygen atoms in total. The van der Waals surface area contributed by atoms with Crippen LogP contribution in [-0.2, 0) is 28.8 Å². The summed E-state index contributed by atoms with van der Waals surface area (Å²) in [5.41, 5.74) is 1.22. The standard InChI is InChI=1S/C50H68N7O8PSSi/c1-32(2)45(58)54-48-53-44-41(46(59)55-48)52-31-56(44)47-42(65-68(12,13)49(7,8)9)43(67-66(63-29-17-28-51)57(33(3)4)34(5)6)40(64-47)30-62-50(35-18-15-14-16-19-35,36-20-24-38(60-10)25-21-36)37-22-26-39(61-11)27-23-37/h14-16,18-27,31-34,40,42-43,47H,17,29-30H2,1-13H3,(H2,53,54,55,58,59)/t40-,42-,43-,47-,66?/m1/s1. The quantitative estimate of drug-likeness (QED) is 0.0308. The van der Waals surface area contributed by atoms with E-state index in [1.165, 1.54) is 0 Å². The van der Waals surface area contributed by atoms with Crippen LogP contribution in [0.4, 0.5) is 5.95 Å². The third-order valence-corrected chi connectivity index (χ3v) is 21.8. The van der Waals surface area contributed by atoms with E-state index in [4.69, 9.17) is 32.9 Å². The molecule has 1 aliphatic rings. The van der Waals surface area contributed by atoms with Crippen molar-refractivity contribution in [2.24, 2.45) is 5.92 Å². The van der Waals surface area contributed by atoms with E-state index in [-0.39, 0.29) is 65.7 Å². The number of hydrogen-bond donors (Lipinski definition) is 2. The molecule has 0 bridgehead atoms. The van der Waals surface area contributed by atoms with Gasteiger partial charge in [0.1, 0.15) is 23.2 Å². The van der Waals surface area contributed by atoms with Crippen LogP contribution < -0.4 is 20.3 Å². The van der Waals surface area contributed by atoms with Crippen LogP contribution in [0, 0.1) is 17.2 Å². The molecule has 5 atom stereocenters. The van der Waals surface area contributed by atoms with Gasteiger partial charge < -0.3 is 27.9 Å². The van der Waals surface area contributed by atoms with Crippen LogP contribution in [0.3, 0.4) is 0 Å². The first-order valence-corrected chi connectivity index (χ1v) is 28.7. The van der Waals surface area contributed by atoms with Gasteiger partial charge >= 0.3 is 0 Å². The minimum absolute atomic E-state index is 0.000768. The van der Waals surface area contributed by atoms with Crippen LogP contribution in [0.5, 0.6) is 11.5 Å². The Kier molecular flexibility index (Phi) is 17.4. The van der Waals surface area contributed by atoms with Crippen LogP contribution in [0.15, 0.2) is 90.0 Å². The van der Waals surface area contributed by atoms with Crippen molar-refractivity contribution >= 4 is 50.2 Å². The highest BCUT2D eigenvalue weighted by Gasteiger charge is 2.54. The van der Waals surface area contributed by atoms with Gasteiger partial charge in [-0.2, -0.15) is 10.2 Å². The molecule has 3 aromatic carbocycles. The number of nitriles is 1. The van der Waals surface area contributed by atoms with Crippen LogP contribution in [0.1, 0.15) is 91.7 Å². The lowest BCUT2D eigenvalue weighted by Gasteiger charge is -2.42. The zero-order chi connectivity index (χ0) is 49.6. The number of methoxy groups -OCH3 is 2. The Labute approximate surface area is 407 Å². The maximum atomic E-state index is 13.7. The first kappa shape index (κ1) is 52.7. The van der Waals surface area contributed by atoms with E-state index in [2.05, 4.69) is 99.7 Å². The number of amides is 1. The first-order chi connectivity index (χ1) is 32.3. The average molecular weight is 986 g/mol. The second kappa shape index (κ2) is 22.4. The smallest absolute Gasteiger partial charge is 0.280 e. The van der Waals surface area contributed by atoms with Crippen molar-refractivity contribution in [1.29, 1.82) is 5.26 Å². The van der Waals surface area contributed by atoms with Crippen molar-refractivity contribution in [2.75, 3.05) is 32.8 Å². The molecule has 1 unspecified atom stereocenters. The van der Waals surface area contributed by atoms with Crippen LogP contribution in [-0.4, -0.2) is 95.4 Å². The van der Waals surface area contributed by atoms with Gasteiger partial charge in [0.25, 0.3) is 5.56 Å². The number of H-pyrrole nitrogens is 1. The molecule has 0 saturated carbocycles. The van der Waals surface area contributed by atoms with Gasteiger partial charge in [-0.15, -0.1) is 0 Å². The van der Waals surface area contributed by atoms with Crippen molar-refractivity contribution in [3.8, 4) is 17.6 Å². The monoisotopic (exact) mass is 985 g/mol. The number of nitrogens with zero attached hydrogens (tertiary/aromatic N) is 5. The molecule has 1 aliphatic heterocycles. The molecule has 6 rings (SSSR count). The summed E-state index contributed by atoms with van der Waals surface area (Å²) >= 11 is 1.65. The van der Waals surface area contributed by atoms with Gasteiger partial charge in [0, 0.05) is 18.0 Å². The minimum atomic E-state index is -2.64. The molecule has 2 aromatic heterocycles. The number of benzene rings is 3. The number of ether oxygens (including phenoxy) is 4. The summed E-state index contributed by atoms with van der Waals surface area (Å²) in [6.45, 7) is 23.4. The second-order valence-corrected chi connectivity index (χ2v) is 27.5. The lowest BCUT2D eigenvalue weighted by Crippen LogP contribution is -2.48. The molecular weight excluding hydrogens is 918 g/mol. The van der Waals surface area contributed by atoms with Crippen molar-refractivity contribution in [3.05, 3.63) is 112 Å². The van der Waals surface area contributed by atoms with Gasteiger partial charge in [0.15, 0.2) is 33.2 Å². The third kappa shape index (κ3) is 11.5. The van der Waals surface area contributed by atoms with Crippen LogP contribution in [0.2, 0.25) is 18.1 Å². The highest BCUT2D eigenvalue weighted by Crippen LogP contribution is 2.62. The summed E-state index contributed by atoms with van der Waals surface area (Å²) < 4.78 is 44.6. The molecule has 5 aromatic rings. The van der Waals surface area contributed by atoms with Crippen molar-refractivity contribution in [2.45, 2.75) is 128 Å². The second-order valence-electron chi connectivity index (χ2n) is 19.2. The number of rotatable bonds is 21. The fourth-order valence-corrected chi connectivity index (χ4v) is 14.7. The summed E-state index contributed by atoms with van der Waals surface area (Å²) in [5, 5.41) is 11.7. The van der Waals surface area contributed by atoms with E-state index in [1.807, 2.05) is 66.7 Å². The Bertz CT molecular complexity index is 2490. The molecule has 366 valence electrons.